The third-order valence-corrected chi connectivity index (χ3v) is 5.01. The predicted octanol–water partition coefficient (Wildman–Crippen LogP) is 4.27. The molecule has 0 saturated heterocycles. The third kappa shape index (κ3) is 2.65. The Balaban J connectivity index is 1.70. The Morgan fingerprint density at radius 2 is 1.93 bits per heavy atom. The summed E-state index contributed by atoms with van der Waals surface area (Å²) in [6.07, 6.45) is 5.25. The van der Waals surface area contributed by atoms with Crippen LogP contribution in [0.4, 0.5) is 0 Å². The number of ether oxygens (including phenoxy) is 1. The van der Waals surface area contributed by atoms with Crippen LogP contribution in [-0.2, 0) is 7.05 Å². The summed E-state index contributed by atoms with van der Waals surface area (Å²) in [6, 6.07) is 13.6. The number of phenols is 2. The van der Waals surface area contributed by atoms with Gasteiger partial charge in [0, 0.05) is 30.4 Å². The van der Waals surface area contributed by atoms with Crippen molar-refractivity contribution in [2.45, 2.75) is 0 Å². The Morgan fingerprint density at radius 3 is 2.72 bits per heavy atom. The molecular weight excluding hydrogens is 368 g/mol. The molecule has 0 fully saturated rings. The fraction of sp³-hybridized carbons (Fsp3) is 0.0435. The number of aryl methyl sites for hydroxylation is 1. The molecule has 6 nitrogen and oxygen atoms in total. The number of hydrogen-bond donors (Lipinski definition) is 2. The molecule has 3 heterocycles. The number of fused-ring (bicyclic) bond motifs is 2. The van der Waals surface area contributed by atoms with Crippen molar-refractivity contribution >= 4 is 22.9 Å². The van der Waals surface area contributed by atoms with E-state index < -0.39 is 0 Å². The lowest BCUT2D eigenvalue weighted by atomic mass is 10.0. The number of ketones is 1. The topological polar surface area (TPSA) is 84.6 Å². The highest BCUT2D eigenvalue weighted by Gasteiger charge is 2.30. The van der Waals surface area contributed by atoms with Gasteiger partial charge in [-0.25, -0.2) is 4.98 Å². The lowest BCUT2D eigenvalue weighted by Crippen LogP contribution is -1.98. The number of benzene rings is 2. The smallest absolute Gasteiger partial charge is 0.235 e. The number of aromatic nitrogens is 2. The molecule has 4 aromatic rings. The van der Waals surface area contributed by atoms with E-state index >= 15 is 0 Å². The Bertz CT molecular complexity index is 1330. The van der Waals surface area contributed by atoms with E-state index in [-0.39, 0.29) is 28.6 Å². The minimum atomic E-state index is -0.363. The number of phenolic OH excluding ortho intramolecular Hbond substituents is 2. The zero-order valence-corrected chi connectivity index (χ0v) is 15.5. The van der Waals surface area contributed by atoms with Gasteiger partial charge in [0.2, 0.25) is 5.78 Å². The number of carbonyl (C=O) groups excluding carboxylic acids is 1. The van der Waals surface area contributed by atoms with Crippen LogP contribution in [0.15, 0.2) is 66.7 Å². The molecule has 2 N–H and O–H groups in total. The van der Waals surface area contributed by atoms with Crippen LogP contribution >= 0.6 is 0 Å². The first-order chi connectivity index (χ1) is 14.0. The second-order valence-electron chi connectivity index (χ2n) is 6.89. The van der Waals surface area contributed by atoms with Crippen LogP contribution in [0, 0.1) is 0 Å². The monoisotopic (exact) mass is 384 g/mol. The molecule has 6 heteroatoms. The molecule has 1 aliphatic heterocycles. The summed E-state index contributed by atoms with van der Waals surface area (Å²) in [5.74, 6) is 0.185. The lowest BCUT2D eigenvalue weighted by molar-refractivity contribution is 0.101. The number of aromatic hydroxyl groups is 2. The van der Waals surface area contributed by atoms with Crippen LogP contribution in [0.3, 0.4) is 0 Å². The predicted molar refractivity (Wildman–Crippen MR) is 109 cm³/mol. The van der Waals surface area contributed by atoms with Crippen molar-refractivity contribution in [1.82, 2.24) is 9.55 Å². The maximum absolute atomic E-state index is 12.8. The van der Waals surface area contributed by atoms with Crippen molar-refractivity contribution in [3.05, 3.63) is 77.8 Å². The van der Waals surface area contributed by atoms with E-state index in [2.05, 4.69) is 4.98 Å². The molecule has 1 aliphatic rings. The van der Waals surface area contributed by atoms with E-state index in [0.717, 1.165) is 27.7 Å². The highest BCUT2D eigenvalue weighted by molar-refractivity contribution is 6.17. The van der Waals surface area contributed by atoms with E-state index in [9.17, 15) is 15.0 Å². The molecule has 0 unspecified atom stereocenters. The van der Waals surface area contributed by atoms with Crippen molar-refractivity contribution in [1.29, 1.82) is 0 Å². The number of Topliss-reactive ketones (excluding diaryl/α,β-unsaturated/α-hetero) is 1. The minimum Gasteiger partial charge on any atom is -0.508 e. The first kappa shape index (κ1) is 17.1. The lowest BCUT2D eigenvalue weighted by Gasteiger charge is -2.06. The normalized spacial score (nSPS) is 14.4. The fourth-order valence-corrected chi connectivity index (χ4v) is 3.72. The molecule has 0 saturated carbocycles. The average molecular weight is 384 g/mol. The molecule has 0 radical (unpaired) electrons. The van der Waals surface area contributed by atoms with Gasteiger partial charge in [-0.05, 0) is 47.5 Å². The van der Waals surface area contributed by atoms with Crippen LogP contribution in [0.5, 0.6) is 17.2 Å². The van der Waals surface area contributed by atoms with Crippen molar-refractivity contribution in [3.8, 4) is 28.4 Å². The quantitative estimate of drug-likeness (QED) is 0.504. The Morgan fingerprint density at radius 1 is 1.10 bits per heavy atom. The fourth-order valence-electron chi connectivity index (χ4n) is 3.72. The van der Waals surface area contributed by atoms with Gasteiger partial charge in [0.25, 0.3) is 0 Å². The van der Waals surface area contributed by atoms with E-state index in [0.29, 0.717) is 5.75 Å². The maximum Gasteiger partial charge on any atom is 0.235 e. The summed E-state index contributed by atoms with van der Waals surface area (Å²) in [6.45, 7) is 0. The molecule has 0 amide bonds. The summed E-state index contributed by atoms with van der Waals surface area (Å²) < 4.78 is 7.58. The SMILES string of the molecule is Cn1cc(/C=C2\Oc3cccc(O)c3C2=O)c2c(-c3cccc(O)c3)ccnc21. The summed E-state index contributed by atoms with van der Waals surface area (Å²) in [5.41, 5.74) is 3.38. The molecule has 0 spiro atoms. The van der Waals surface area contributed by atoms with Crippen LogP contribution in [0.2, 0.25) is 0 Å². The van der Waals surface area contributed by atoms with Gasteiger partial charge >= 0.3 is 0 Å². The van der Waals surface area contributed by atoms with Gasteiger partial charge in [0.1, 0.15) is 28.5 Å². The van der Waals surface area contributed by atoms with Gasteiger partial charge < -0.3 is 19.5 Å². The molecule has 0 bridgehead atoms. The van der Waals surface area contributed by atoms with Crippen molar-refractivity contribution < 1.29 is 19.7 Å². The summed E-state index contributed by atoms with van der Waals surface area (Å²) in [4.78, 5) is 17.2. The molecule has 2 aromatic carbocycles. The van der Waals surface area contributed by atoms with Gasteiger partial charge in [-0.3, -0.25) is 4.79 Å². The molecule has 0 atom stereocenters. The van der Waals surface area contributed by atoms with Gasteiger partial charge in [-0.15, -0.1) is 0 Å². The van der Waals surface area contributed by atoms with Crippen molar-refractivity contribution in [2.75, 3.05) is 0 Å². The van der Waals surface area contributed by atoms with E-state index in [1.54, 1.807) is 42.6 Å². The summed E-state index contributed by atoms with van der Waals surface area (Å²) >= 11 is 0. The zero-order valence-electron chi connectivity index (χ0n) is 15.5. The van der Waals surface area contributed by atoms with E-state index in [1.165, 1.54) is 6.07 Å². The zero-order chi connectivity index (χ0) is 20.1. The van der Waals surface area contributed by atoms with Gasteiger partial charge in [-0.1, -0.05) is 18.2 Å². The van der Waals surface area contributed by atoms with Gasteiger partial charge in [0.15, 0.2) is 5.76 Å². The number of nitrogens with zero attached hydrogens (tertiary/aromatic N) is 2. The first-order valence-corrected chi connectivity index (χ1v) is 9.02. The van der Waals surface area contributed by atoms with Crippen LogP contribution in [-0.4, -0.2) is 25.5 Å². The standard InChI is InChI=1S/C23H16N2O4/c1-25-12-14(11-19-22(28)21-17(27)6-3-7-18(21)29-19)20-16(8-9-24-23(20)25)13-4-2-5-15(26)10-13/h2-12,26-27H,1H3/b19-11-. The molecule has 142 valence electrons. The average Bonchev–Trinajstić information content (AvgIpc) is 3.20. The van der Waals surface area contributed by atoms with Gasteiger partial charge in [0.05, 0.1) is 0 Å². The highest BCUT2D eigenvalue weighted by Crippen LogP contribution is 2.39. The summed E-state index contributed by atoms with van der Waals surface area (Å²) in [5, 5.41) is 20.7. The number of hydrogen-bond acceptors (Lipinski definition) is 5. The number of pyridine rings is 1. The van der Waals surface area contributed by atoms with Crippen LogP contribution < -0.4 is 4.74 Å². The van der Waals surface area contributed by atoms with Gasteiger partial charge in [-0.2, -0.15) is 0 Å². The van der Waals surface area contributed by atoms with E-state index in [1.807, 2.05) is 29.9 Å². The molecule has 2 aromatic heterocycles. The number of allylic oxidation sites excluding steroid dienone is 1. The second kappa shape index (κ2) is 6.24. The van der Waals surface area contributed by atoms with Crippen molar-refractivity contribution in [3.63, 3.8) is 0 Å². The largest absolute Gasteiger partial charge is 0.508 e. The Hall–Kier alpha value is -4.06. The Kier molecular flexibility index (Phi) is 3.67. The summed E-state index contributed by atoms with van der Waals surface area (Å²) in [7, 11) is 1.88. The Labute approximate surface area is 165 Å². The number of carbonyl (C=O) groups is 1. The highest BCUT2D eigenvalue weighted by atomic mass is 16.5. The second-order valence-corrected chi connectivity index (χ2v) is 6.89. The maximum atomic E-state index is 12.8. The van der Waals surface area contributed by atoms with E-state index in [4.69, 9.17) is 4.74 Å². The molecular formula is C23H16N2O4. The molecule has 29 heavy (non-hydrogen) atoms. The third-order valence-electron chi connectivity index (χ3n) is 5.01. The first-order valence-electron chi connectivity index (χ1n) is 9.02. The minimum absolute atomic E-state index is 0.101. The molecule has 0 aliphatic carbocycles. The number of rotatable bonds is 2. The van der Waals surface area contributed by atoms with Crippen LogP contribution in [0.1, 0.15) is 15.9 Å². The van der Waals surface area contributed by atoms with Crippen LogP contribution in [0.25, 0.3) is 28.2 Å². The molecule has 5 rings (SSSR count). The van der Waals surface area contributed by atoms with Crippen molar-refractivity contribution in [2.24, 2.45) is 7.05 Å².